The van der Waals surface area contributed by atoms with Crippen molar-refractivity contribution in [3.63, 3.8) is 0 Å². The Morgan fingerprint density at radius 3 is 2.62 bits per heavy atom. The van der Waals surface area contributed by atoms with Crippen molar-refractivity contribution < 1.29 is 19.1 Å². The summed E-state index contributed by atoms with van der Waals surface area (Å²) in [6, 6.07) is 17.3. The van der Waals surface area contributed by atoms with Crippen molar-refractivity contribution >= 4 is 61.6 Å². The second kappa shape index (κ2) is 11.3. The molecule has 0 radical (unpaired) electrons. The number of nitrogens with one attached hydrogen (secondary N) is 1. The summed E-state index contributed by atoms with van der Waals surface area (Å²) in [7, 11) is 0. The monoisotopic (exact) mass is 578 g/mol. The van der Waals surface area contributed by atoms with Gasteiger partial charge in [0.05, 0.1) is 16.3 Å². The average Bonchev–Trinajstić information content (AvgIpc) is 2.74. The fourth-order valence-electron chi connectivity index (χ4n) is 2.62. The lowest BCUT2D eigenvalue weighted by Crippen LogP contribution is -2.24. The van der Waals surface area contributed by atoms with Crippen molar-refractivity contribution in [3.8, 4) is 11.5 Å². The van der Waals surface area contributed by atoms with E-state index in [4.69, 9.17) is 21.1 Å². The van der Waals surface area contributed by atoms with E-state index in [1.165, 1.54) is 6.21 Å². The highest BCUT2D eigenvalue weighted by Gasteiger charge is 2.15. The van der Waals surface area contributed by atoms with Crippen molar-refractivity contribution in [2.24, 2.45) is 5.10 Å². The Hall–Kier alpha value is -2.68. The third-order valence-electron chi connectivity index (χ3n) is 4.04. The number of halogens is 3. The number of carbonyl (C=O) groups is 2. The van der Waals surface area contributed by atoms with Gasteiger partial charge in [0.25, 0.3) is 5.91 Å². The first-order chi connectivity index (χ1) is 15.3. The van der Waals surface area contributed by atoms with Crippen LogP contribution in [0.3, 0.4) is 0 Å². The number of aryl methyl sites for hydroxylation is 1. The van der Waals surface area contributed by atoms with Gasteiger partial charge >= 0.3 is 5.97 Å². The fourth-order valence-corrected chi connectivity index (χ4v) is 4.14. The minimum Gasteiger partial charge on any atom is -0.484 e. The molecule has 0 unspecified atom stereocenters. The predicted octanol–water partition coefficient (Wildman–Crippen LogP) is 5.92. The first-order valence-electron chi connectivity index (χ1n) is 9.30. The van der Waals surface area contributed by atoms with Gasteiger partial charge in [0.15, 0.2) is 12.4 Å². The Morgan fingerprint density at radius 2 is 1.88 bits per heavy atom. The summed E-state index contributed by atoms with van der Waals surface area (Å²) in [5.74, 6) is -0.232. The summed E-state index contributed by atoms with van der Waals surface area (Å²) in [5.41, 5.74) is 4.22. The molecule has 0 spiro atoms. The molecule has 0 aliphatic heterocycles. The van der Waals surface area contributed by atoms with Crippen molar-refractivity contribution in [2.75, 3.05) is 6.61 Å². The quantitative estimate of drug-likeness (QED) is 0.163. The van der Waals surface area contributed by atoms with Gasteiger partial charge in [-0.3, -0.25) is 4.79 Å². The van der Waals surface area contributed by atoms with Crippen LogP contribution in [0.1, 0.15) is 21.5 Å². The minimum absolute atomic E-state index is 0.241. The normalized spacial score (nSPS) is 10.8. The van der Waals surface area contributed by atoms with Crippen LogP contribution in [0, 0.1) is 6.92 Å². The van der Waals surface area contributed by atoms with Gasteiger partial charge in [0, 0.05) is 15.1 Å². The van der Waals surface area contributed by atoms with E-state index < -0.39 is 11.9 Å². The first kappa shape index (κ1) is 24.0. The van der Waals surface area contributed by atoms with Gasteiger partial charge in [-0.05, 0) is 65.3 Å². The Kier molecular flexibility index (Phi) is 8.44. The third kappa shape index (κ3) is 6.91. The topological polar surface area (TPSA) is 77.0 Å². The summed E-state index contributed by atoms with van der Waals surface area (Å²) in [6.07, 6.45) is 1.38. The summed E-state index contributed by atoms with van der Waals surface area (Å²) < 4.78 is 12.2. The van der Waals surface area contributed by atoms with Crippen LogP contribution in [0.2, 0.25) is 5.02 Å². The summed E-state index contributed by atoms with van der Waals surface area (Å²) in [6.45, 7) is 1.65. The molecule has 1 N–H and O–H groups in total. The highest BCUT2D eigenvalue weighted by atomic mass is 79.9. The van der Waals surface area contributed by atoms with Gasteiger partial charge in [0.2, 0.25) is 0 Å². The zero-order valence-electron chi connectivity index (χ0n) is 16.8. The Labute approximate surface area is 206 Å². The van der Waals surface area contributed by atoms with E-state index >= 15 is 0 Å². The zero-order valence-corrected chi connectivity index (χ0v) is 20.7. The molecular weight excluding hydrogens is 564 g/mol. The third-order valence-corrected chi connectivity index (χ3v) is 5.33. The van der Waals surface area contributed by atoms with Crippen molar-refractivity contribution in [1.82, 2.24) is 5.43 Å². The average molecular weight is 581 g/mol. The maximum absolute atomic E-state index is 12.6. The number of nitrogens with zero attached hydrogens (tertiary/aromatic N) is 1. The molecule has 0 saturated carbocycles. The van der Waals surface area contributed by atoms with Gasteiger partial charge in [-0.2, -0.15) is 5.10 Å². The Bertz CT molecular complexity index is 1180. The molecule has 0 heterocycles. The molecule has 1 amide bonds. The number of rotatable bonds is 7. The van der Waals surface area contributed by atoms with E-state index in [-0.39, 0.29) is 12.4 Å². The van der Waals surface area contributed by atoms with Crippen LogP contribution in [0.15, 0.2) is 74.7 Å². The maximum Gasteiger partial charge on any atom is 0.343 e. The number of ether oxygens (including phenoxy) is 2. The van der Waals surface area contributed by atoms with E-state index in [0.717, 1.165) is 10.0 Å². The van der Waals surface area contributed by atoms with Crippen LogP contribution in [0.25, 0.3) is 0 Å². The van der Waals surface area contributed by atoms with Gasteiger partial charge < -0.3 is 9.47 Å². The van der Waals surface area contributed by atoms with Gasteiger partial charge in [0.1, 0.15) is 5.75 Å². The molecule has 9 heteroatoms. The predicted molar refractivity (Wildman–Crippen MR) is 131 cm³/mol. The minimum atomic E-state index is -0.509. The second-order valence-electron chi connectivity index (χ2n) is 6.60. The van der Waals surface area contributed by atoms with Crippen molar-refractivity contribution in [1.29, 1.82) is 0 Å². The second-order valence-corrected chi connectivity index (χ2v) is 8.81. The molecule has 164 valence electrons. The van der Waals surface area contributed by atoms with Crippen molar-refractivity contribution in [3.05, 3.63) is 91.3 Å². The lowest BCUT2D eigenvalue weighted by Gasteiger charge is -2.11. The van der Waals surface area contributed by atoms with Crippen LogP contribution in [0.4, 0.5) is 0 Å². The molecule has 6 nitrogen and oxygen atoms in total. The molecule has 0 aliphatic carbocycles. The van der Waals surface area contributed by atoms with Crippen LogP contribution < -0.4 is 14.9 Å². The molecule has 0 aliphatic rings. The maximum atomic E-state index is 12.6. The van der Waals surface area contributed by atoms with Gasteiger partial charge in [-0.25, -0.2) is 10.2 Å². The molecule has 3 rings (SSSR count). The number of hydrogen-bond donors (Lipinski definition) is 1. The van der Waals surface area contributed by atoms with Gasteiger partial charge in [-0.1, -0.05) is 51.3 Å². The summed E-state index contributed by atoms with van der Waals surface area (Å²) in [4.78, 5) is 24.6. The molecular formula is C23H17Br2ClN2O4. The van der Waals surface area contributed by atoms with Crippen molar-refractivity contribution in [2.45, 2.75) is 6.92 Å². The highest BCUT2D eigenvalue weighted by Crippen LogP contribution is 2.32. The number of hydrazone groups is 1. The molecule has 32 heavy (non-hydrogen) atoms. The largest absolute Gasteiger partial charge is 0.484 e. The summed E-state index contributed by atoms with van der Waals surface area (Å²) in [5, 5.41) is 4.45. The molecule has 3 aromatic carbocycles. The fraction of sp³-hybridized carbons (Fsp3) is 0.0870. The number of carbonyl (C=O) groups excluding carboxylic acids is 2. The van der Waals surface area contributed by atoms with Crippen LogP contribution in [-0.2, 0) is 4.79 Å². The zero-order chi connectivity index (χ0) is 23.1. The van der Waals surface area contributed by atoms with Crippen LogP contribution in [0.5, 0.6) is 11.5 Å². The number of amides is 1. The number of hydrogen-bond acceptors (Lipinski definition) is 5. The molecule has 0 fully saturated rings. The van der Waals surface area contributed by atoms with E-state index in [1.807, 2.05) is 13.0 Å². The molecule has 0 atom stereocenters. The smallest absolute Gasteiger partial charge is 0.343 e. The molecule has 0 aromatic heterocycles. The SMILES string of the molecule is Cc1cccc(C(=O)Oc2c(Br)cc(Br)cc2C=NNC(=O)COc2cccc(Cl)c2)c1. The highest BCUT2D eigenvalue weighted by molar-refractivity contribution is 9.11. The van der Waals surface area contributed by atoms with E-state index in [9.17, 15) is 9.59 Å². The Morgan fingerprint density at radius 1 is 1.09 bits per heavy atom. The van der Waals surface area contributed by atoms with Gasteiger partial charge in [-0.15, -0.1) is 0 Å². The molecule has 3 aromatic rings. The van der Waals surface area contributed by atoms with E-state index in [2.05, 4.69) is 42.4 Å². The van der Waals surface area contributed by atoms with E-state index in [1.54, 1.807) is 54.6 Å². The first-order valence-corrected chi connectivity index (χ1v) is 11.3. The standard InChI is InChI=1S/C23H17Br2ClN2O4/c1-14-4-2-5-15(8-14)23(30)32-22-16(9-17(24)10-20(22)25)12-27-28-21(29)13-31-19-7-3-6-18(26)11-19/h2-12H,13H2,1H3,(H,28,29). The summed E-state index contributed by atoms with van der Waals surface area (Å²) >= 11 is 12.7. The Balaban J connectivity index is 1.68. The van der Waals surface area contributed by atoms with E-state index in [0.29, 0.717) is 26.4 Å². The lowest BCUT2D eigenvalue weighted by atomic mass is 10.1. The number of esters is 1. The molecule has 0 saturated heterocycles. The van der Waals surface area contributed by atoms with Crippen LogP contribution >= 0.6 is 43.5 Å². The molecule has 0 bridgehead atoms. The number of benzene rings is 3. The lowest BCUT2D eigenvalue weighted by molar-refractivity contribution is -0.123. The van der Waals surface area contributed by atoms with Crippen LogP contribution in [-0.4, -0.2) is 24.7 Å².